The summed E-state index contributed by atoms with van der Waals surface area (Å²) in [7, 11) is 0. The molecule has 11 heavy (non-hydrogen) atoms. The lowest BCUT2D eigenvalue weighted by molar-refractivity contribution is 0.671. The zero-order valence-corrected chi connectivity index (χ0v) is 10.2. The number of alkyl halides is 1. The van der Waals surface area contributed by atoms with Crippen molar-refractivity contribution in [2.75, 3.05) is 29.0 Å². The largest absolute Gasteiger partial charge is 0.316 e. The van der Waals surface area contributed by atoms with E-state index in [1.165, 1.54) is 41.9 Å². The van der Waals surface area contributed by atoms with Gasteiger partial charge in [-0.1, -0.05) is 29.5 Å². The normalized spacial score (nSPS) is 10.4. The van der Waals surface area contributed by atoms with Crippen LogP contribution in [0.3, 0.4) is 0 Å². The number of hydrogen-bond donors (Lipinski definition) is 1. The Bertz CT molecular complexity index is 63.1. The molecule has 0 amide bonds. The number of unbranched alkanes of at least 4 members (excludes halogenated alkanes) is 1. The fourth-order valence-corrected chi connectivity index (χ4v) is 1.87. The molecule has 0 unspecified atom stereocenters. The molecule has 0 aromatic carbocycles. The second kappa shape index (κ2) is 11.0. The highest BCUT2D eigenvalue weighted by molar-refractivity contribution is 14.1. The highest BCUT2D eigenvalue weighted by atomic mass is 127. The summed E-state index contributed by atoms with van der Waals surface area (Å²) in [6.07, 6.45) is 2.69. The van der Waals surface area contributed by atoms with Crippen LogP contribution in [0.2, 0.25) is 0 Å². The number of thioether (sulfide) groups is 1. The van der Waals surface area contributed by atoms with E-state index in [-0.39, 0.29) is 0 Å². The van der Waals surface area contributed by atoms with Crippen LogP contribution in [0, 0.1) is 0 Å². The van der Waals surface area contributed by atoms with E-state index in [0.717, 1.165) is 0 Å². The summed E-state index contributed by atoms with van der Waals surface area (Å²) >= 11 is 4.44. The van der Waals surface area contributed by atoms with Gasteiger partial charge in [-0.3, -0.25) is 0 Å². The fourth-order valence-electron chi connectivity index (χ4n) is 0.758. The number of halogens is 1. The third-order valence-corrected chi connectivity index (χ3v) is 3.03. The molecule has 1 nitrogen and oxygen atoms in total. The van der Waals surface area contributed by atoms with E-state index in [1.807, 2.05) is 11.8 Å². The lowest BCUT2D eigenvalue weighted by atomic mass is 10.3. The van der Waals surface area contributed by atoms with Crippen LogP contribution in [0.5, 0.6) is 0 Å². The molecule has 0 heterocycles. The molecule has 3 heteroatoms. The number of hydrogen-bond acceptors (Lipinski definition) is 2. The van der Waals surface area contributed by atoms with E-state index >= 15 is 0 Å². The van der Waals surface area contributed by atoms with Gasteiger partial charge in [-0.05, 0) is 29.6 Å². The Labute approximate surface area is 88.2 Å². The first-order chi connectivity index (χ1) is 5.41. The lowest BCUT2D eigenvalue weighted by Gasteiger charge is -2.01. The van der Waals surface area contributed by atoms with Crippen molar-refractivity contribution < 1.29 is 0 Å². The standard InChI is InChI=1S/C8H18INS/c1-2-11-8-7-10-6-4-3-5-9/h10H,2-8H2,1H3. The first kappa shape index (κ1) is 12.0. The molecule has 0 bridgehead atoms. The number of rotatable bonds is 8. The van der Waals surface area contributed by atoms with Crippen molar-refractivity contribution in [1.82, 2.24) is 5.32 Å². The molecule has 0 saturated heterocycles. The summed E-state index contributed by atoms with van der Waals surface area (Å²) in [5, 5.41) is 3.43. The van der Waals surface area contributed by atoms with E-state index in [0.29, 0.717) is 0 Å². The summed E-state index contributed by atoms with van der Waals surface area (Å²) in [5.74, 6) is 2.51. The topological polar surface area (TPSA) is 12.0 Å². The predicted octanol–water partition coefficient (Wildman–Crippen LogP) is 2.54. The van der Waals surface area contributed by atoms with Crippen molar-refractivity contribution in [3.05, 3.63) is 0 Å². The molecule has 0 spiro atoms. The van der Waals surface area contributed by atoms with Crippen molar-refractivity contribution in [2.24, 2.45) is 0 Å². The number of nitrogens with one attached hydrogen (secondary N) is 1. The molecule has 0 saturated carbocycles. The van der Waals surface area contributed by atoms with Gasteiger partial charge < -0.3 is 5.32 Å². The minimum atomic E-state index is 1.18. The Kier molecular flexibility index (Phi) is 12.1. The Balaban J connectivity index is 2.69. The van der Waals surface area contributed by atoms with Gasteiger partial charge in [-0.25, -0.2) is 0 Å². The summed E-state index contributed by atoms with van der Waals surface area (Å²) in [5.41, 5.74) is 0. The SMILES string of the molecule is CCSCCNCCCCI. The van der Waals surface area contributed by atoms with Crippen molar-refractivity contribution in [3.63, 3.8) is 0 Å². The highest BCUT2D eigenvalue weighted by Gasteiger charge is 1.87. The van der Waals surface area contributed by atoms with Gasteiger partial charge in [0.05, 0.1) is 0 Å². The molecule has 0 atom stereocenters. The molecule has 68 valence electrons. The zero-order valence-electron chi connectivity index (χ0n) is 7.24. The fraction of sp³-hybridized carbons (Fsp3) is 1.00. The zero-order chi connectivity index (χ0) is 8.36. The Morgan fingerprint density at radius 3 is 2.73 bits per heavy atom. The average molecular weight is 287 g/mol. The summed E-state index contributed by atoms with van der Waals surface area (Å²) in [6.45, 7) is 4.59. The maximum atomic E-state index is 3.43. The predicted molar refractivity (Wildman–Crippen MR) is 64.0 cm³/mol. The van der Waals surface area contributed by atoms with Gasteiger partial charge in [0.25, 0.3) is 0 Å². The van der Waals surface area contributed by atoms with Crippen LogP contribution in [0.1, 0.15) is 19.8 Å². The van der Waals surface area contributed by atoms with E-state index in [9.17, 15) is 0 Å². The summed E-state index contributed by atoms with van der Waals surface area (Å²) < 4.78 is 1.29. The molecule has 0 aliphatic carbocycles. The second-order valence-electron chi connectivity index (χ2n) is 2.34. The minimum Gasteiger partial charge on any atom is -0.316 e. The Morgan fingerprint density at radius 1 is 1.27 bits per heavy atom. The first-order valence-electron chi connectivity index (χ1n) is 4.26. The van der Waals surface area contributed by atoms with Crippen LogP contribution in [-0.2, 0) is 0 Å². The molecule has 1 N–H and O–H groups in total. The maximum absolute atomic E-state index is 3.43. The Hall–Kier alpha value is 1.04. The molecular formula is C8H18INS. The van der Waals surface area contributed by atoms with Crippen LogP contribution in [-0.4, -0.2) is 29.0 Å². The molecular weight excluding hydrogens is 269 g/mol. The maximum Gasteiger partial charge on any atom is 0.00579 e. The van der Waals surface area contributed by atoms with Gasteiger partial charge >= 0.3 is 0 Å². The summed E-state index contributed by atoms with van der Waals surface area (Å²) in [4.78, 5) is 0. The smallest absolute Gasteiger partial charge is 0.00579 e. The highest BCUT2D eigenvalue weighted by Crippen LogP contribution is 1.96. The molecule has 0 rings (SSSR count). The lowest BCUT2D eigenvalue weighted by Crippen LogP contribution is -2.18. The van der Waals surface area contributed by atoms with Gasteiger partial charge in [0, 0.05) is 12.3 Å². The average Bonchev–Trinajstić information content (AvgIpc) is 2.03. The van der Waals surface area contributed by atoms with Crippen LogP contribution >= 0.6 is 34.4 Å². The molecule has 0 aromatic rings. The summed E-state index contributed by atoms with van der Waals surface area (Å²) in [6, 6.07) is 0. The van der Waals surface area contributed by atoms with E-state index in [1.54, 1.807) is 0 Å². The monoisotopic (exact) mass is 287 g/mol. The second-order valence-corrected chi connectivity index (χ2v) is 4.82. The van der Waals surface area contributed by atoms with E-state index in [2.05, 4.69) is 34.8 Å². The third kappa shape index (κ3) is 11.0. The van der Waals surface area contributed by atoms with Gasteiger partial charge in [-0.15, -0.1) is 0 Å². The van der Waals surface area contributed by atoms with Gasteiger partial charge in [-0.2, -0.15) is 11.8 Å². The van der Waals surface area contributed by atoms with Gasteiger partial charge in [0.2, 0.25) is 0 Å². The molecule has 0 fully saturated rings. The Morgan fingerprint density at radius 2 is 2.09 bits per heavy atom. The van der Waals surface area contributed by atoms with Crippen molar-refractivity contribution in [3.8, 4) is 0 Å². The van der Waals surface area contributed by atoms with Crippen molar-refractivity contribution in [1.29, 1.82) is 0 Å². The van der Waals surface area contributed by atoms with Crippen LogP contribution in [0.4, 0.5) is 0 Å². The molecule has 0 aromatic heterocycles. The molecule has 0 aliphatic heterocycles. The molecule has 0 aliphatic rings. The minimum absolute atomic E-state index is 1.18. The van der Waals surface area contributed by atoms with E-state index < -0.39 is 0 Å². The van der Waals surface area contributed by atoms with E-state index in [4.69, 9.17) is 0 Å². The van der Waals surface area contributed by atoms with Gasteiger partial charge in [0.15, 0.2) is 0 Å². The van der Waals surface area contributed by atoms with Crippen molar-refractivity contribution in [2.45, 2.75) is 19.8 Å². The van der Waals surface area contributed by atoms with Crippen LogP contribution in [0.15, 0.2) is 0 Å². The first-order valence-corrected chi connectivity index (χ1v) is 6.94. The van der Waals surface area contributed by atoms with Crippen LogP contribution < -0.4 is 5.32 Å². The van der Waals surface area contributed by atoms with Crippen molar-refractivity contribution >= 4 is 34.4 Å². The molecule has 0 radical (unpaired) electrons. The van der Waals surface area contributed by atoms with Gasteiger partial charge in [0.1, 0.15) is 0 Å². The van der Waals surface area contributed by atoms with Crippen LogP contribution in [0.25, 0.3) is 0 Å². The quantitative estimate of drug-likeness (QED) is 0.418. The third-order valence-electron chi connectivity index (χ3n) is 1.36.